The maximum atomic E-state index is 12.4. The molecule has 3 heterocycles. The summed E-state index contributed by atoms with van der Waals surface area (Å²) in [6.07, 6.45) is 8.10. The molecule has 0 spiro atoms. The molecule has 2 aliphatic rings. The number of aromatic nitrogens is 2. The first kappa shape index (κ1) is 16.3. The van der Waals surface area contributed by atoms with Crippen molar-refractivity contribution in [2.75, 3.05) is 19.6 Å². The van der Waals surface area contributed by atoms with Gasteiger partial charge in [0.1, 0.15) is 11.8 Å². The molecule has 3 rings (SSSR count). The summed E-state index contributed by atoms with van der Waals surface area (Å²) in [5.41, 5.74) is 0.830. The van der Waals surface area contributed by atoms with Gasteiger partial charge in [0.05, 0.1) is 6.20 Å². The van der Waals surface area contributed by atoms with E-state index in [0.29, 0.717) is 5.92 Å². The summed E-state index contributed by atoms with van der Waals surface area (Å²) >= 11 is 0. The van der Waals surface area contributed by atoms with Crippen LogP contribution in [-0.4, -0.2) is 46.0 Å². The zero-order valence-corrected chi connectivity index (χ0v) is 14.4. The van der Waals surface area contributed by atoms with Crippen LogP contribution in [0.4, 0.5) is 4.79 Å². The third kappa shape index (κ3) is 3.86. The fraction of sp³-hybridized carbons (Fsp3) is 0.765. The highest BCUT2D eigenvalue weighted by atomic mass is 16.6. The maximum Gasteiger partial charge on any atom is 0.411 e. The summed E-state index contributed by atoms with van der Waals surface area (Å²) in [6.45, 7) is 8.59. The number of nitrogens with zero attached hydrogens (tertiary/aromatic N) is 3. The van der Waals surface area contributed by atoms with Gasteiger partial charge in [-0.3, -0.25) is 4.90 Å². The van der Waals surface area contributed by atoms with Crippen molar-refractivity contribution in [3.63, 3.8) is 0 Å². The van der Waals surface area contributed by atoms with E-state index in [1.54, 1.807) is 0 Å². The minimum atomic E-state index is -0.464. The molecule has 23 heavy (non-hydrogen) atoms. The van der Waals surface area contributed by atoms with E-state index in [4.69, 9.17) is 4.74 Å². The van der Waals surface area contributed by atoms with Crippen molar-refractivity contribution in [2.24, 2.45) is 0 Å². The monoisotopic (exact) mass is 320 g/mol. The van der Waals surface area contributed by atoms with Gasteiger partial charge in [-0.05, 0) is 71.0 Å². The van der Waals surface area contributed by atoms with Crippen molar-refractivity contribution in [3.05, 3.63) is 18.0 Å². The van der Waals surface area contributed by atoms with Gasteiger partial charge < -0.3 is 10.1 Å². The zero-order chi connectivity index (χ0) is 16.4. The van der Waals surface area contributed by atoms with Crippen molar-refractivity contribution in [3.8, 4) is 0 Å². The van der Waals surface area contributed by atoms with Gasteiger partial charge in [0.25, 0.3) is 0 Å². The molecule has 0 radical (unpaired) electrons. The van der Waals surface area contributed by atoms with Crippen molar-refractivity contribution < 1.29 is 9.53 Å². The van der Waals surface area contributed by atoms with E-state index >= 15 is 0 Å². The van der Waals surface area contributed by atoms with Crippen LogP contribution >= 0.6 is 0 Å². The van der Waals surface area contributed by atoms with Crippen molar-refractivity contribution >= 4 is 6.09 Å². The Hall–Kier alpha value is -1.56. The number of likely N-dealkylation sites (tertiary alicyclic amines) is 1. The third-order valence-corrected chi connectivity index (χ3v) is 4.59. The summed E-state index contributed by atoms with van der Waals surface area (Å²) in [7, 11) is 0. The second-order valence-corrected chi connectivity index (χ2v) is 7.57. The van der Waals surface area contributed by atoms with Gasteiger partial charge >= 0.3 is 6.09 Å². The Morgan fingerprint density at radius 1 is 1.30 bits per heavy atom. The van der Waals surface area contributed by atoms with Crippen molar-refractivity contribution in [2.45, 2.75) is 64.1 Å². The Balaban J connectivity index is 1.70. The molecule has 1 aromatic rings. The number of ether oxygens (including phenoxy) is 1. The zero-order valence-electron chi connectivity index (χ0n) is 14.4. The number of nitrogens with one attached hydrogen (secondary N) is 1. The lowest BCUT2D eigenvalue weighted by molar-refractivity contribution is 0.0149. The summed E-state index contributed by atoms with van der Waals surface area (Å²) in [6, 6.07) is 0. The van der Waals surface area contributed by atoms with Crippen LogP contribution in [0, 0.1) is 0 Å². The highest BCUT2D eigenvalue weighted by Crippen LogP contribution is 2.31. The highest BCUT2D eigenvalue weighted by Gasteiger charge is 2.34. The quantitative estimate of drug-likeness (QED) is 0.910. The van der Waals surface area contributed by atoms with E-state index in [1.807, 2.05) is 36.5 Å². The van der Waals surface area contributed by atoms with E-state index < -0.39 is 5.60 Å². The molecule has 0 saturated carbocycles. The molecule has 0 bridgehead atoms. The number of piperidine rings is 1. The molecule has 128 valence electrons. The number of rotatable bonds is 2. The summed E-state index contributed by atoms with van der Waals surface area (Å²) < 4.78 is 7.49. The topological polar surface area (TPSA) is 59.4 Å². The van der Waals surface area contributed by atoms with E-state index in [2.05, 4.69) is 16.6 Å². The molecular formula is C17H28N4O2. The molecule has 2 fully saturated rings. The average molecular weight is 320 g/mol. The second kappa shape index (κ2) is 6.51. The fourth-order valence-electron chi connectivity index (χ4n) is 3.44. The molecule has 1 amide bonds. The van der Waals surface area contributed by atoms with Crippen LogP contribution in [0.15, 0.2) is 12.4 Å². The van der Waals surface area contributed by atoms with Crippen LogP contribution in [0.1, 0.15) is 64.1 Å². The standard InChI is InChI=1S/C17H28N4O2/c1-17(2,3)23-16(22)20-10-4-5-15(20)21-12-14(11-19-21)13-6-8-18-9-7-13/h11-13,15,18H,4-10H2,1-3H3. The van der Waals surface area contributed by atoms with Crippen molar-refractivity contribution in [1.82, 2.24) is 20.0 Å². The molecule has 2 aliphatic heterocycles. The molecule has 6 heteroatoms. The molecule has 1 atom stereocenters. The van der Waals surface area contributed by atoms with Gasteiger partial charge in [0.15, 0.2) is 0 Å². The van der Waals surface area contributed by atoms with Gasteiger partial charge in [-0.15, -0.1) is 0 Å². The number of carbonyl (C=O) groups is 1. The predicted octanol–water partition coefficient (Wildman–Crippen LogP) is 2.88. The smallest absolute Gasteiger partial charge is 0.411 e. The first-order valence-electron chi connectivity index (χ1n) is 8.68. The van der Waals surface area contributed by atoms with Crippen LogP contribution < -0.4 is 5.32 Å². The first-order valence-corrected chi connectivity index (χ1v) is 8.68. The Morgan fingerprint density at radius 2 is 2.04 bits per heavy atom. The summed E-state index contributed by atoms with van der Waals surface area (Å²) in [5.74, 6) is 0.585. The lowest BCUT2D eigenvalue weighted by Gasteiger charge is -2.28. The second-order valence-electron chi connectivity index (χ2n) is 7.57. The van der Waals surface area contributed by atoms with Crippen LogP contribution in [0.2, 0.25) is 0 Å². The number of amides is 1. The number of carbonyl (C=O) groups excluding carboxylic acids is 1. The molecular weight excluding hydrogens is 292 g/mol. The van der Waals surface area contributed by atoms with Crippen molar-refractivity contribution in [1.29, 1.82) is 0 Å². The molecule has 6 nitrogen and oxygen atoms in total. The van der Waals surface area contributed by atoms with Crippen LogP contribution in [0.5, 0.6) is 0 Å². The fourth-order valence-corrected chi connectivity index (χ4v) is 3.44. The molecule has 1 aromatic heterocycles. The van der Waals surface area contributed by atoms with E-state index in [9.17, 15) is 4.79 Å². The molecule has 0 aromatic carbocycles. The normalized spacial score (nSPS) is 23.3. The molecule has 0 aliphatic carbocycles. The Labute approximate surface area is 138 Å². The minimum absolute atomic E-state index is 0.0136. The van der Waals surface area contributed by atoms with Gasteiger partial charge in [-0.25, -0.2) is 9.48 Å². The van der Waals surface area contributed by atoms with Crippen LogP contribution in [-0.2, 0) is 4.74 Å². The van der Waals surface area contributed by atoms with Gasteiger partial charge in [0, 0.05) is 12.7 Å². The van der Waals surface area contributed by atoms with Gasteiger partial charge in [-0.2, -0.15) is 5.10 Å². The Bertz CT molecular complexity index is 543. The van der Waals surface area contributed by atoms with Gasteiger partial charge in [-0.1, -0.05) is 0 Å². The van der Waals surface area contributed by atoms with Crippen LogP contribution in [0.3, 0.4) is 0 Å². The maximum absolute atomic E-state index is 12.4. The lowest BCUT2D eigenvalue weighted by atomic mass is 9.93. The summed E-state index contributed by atoms with van der Waals surface area (Å²) in [4.78, 5) is 14.2. The first-order chi connectivity index (χ1) is 10.9. The molecule has 1 unspecified atom stereocenters. The average Bonchev–Trinajstić information content (AvgIpc) is 3.15. The highest BCUT2D eigenvalue weighted by molar-refractivity contribution is 5.68. The summed E-state index contributed by atoms with van der Waals surface area (Å²) in [5, 5.41) is 7.94. The van der Waals surface area contributed by atoms with Gasteiger partial charge in [0.2, 0.25) is 0 Å². The largest absolute Gasteiger partial charge is 0.444 e. The molecule has 2 saturated heterocycles. The van der Waals surface area contributed by atoms with Crippen LogP contribution in [0.25, 0.3) is 0 Å². The third-order valence-electron chi connectivity index (χ3n) is 4.59. The molecule has 1 N–H and O–H groups in total. The number of hydrogen-bond donors (Lipinski definition) is 1. The lowest BCUT2D eigenvalue weighted by Crippen LogP contribution is -2.38. The van der Waals surface area contributed by atoms with E-state index in [-0.39, 0.29) is 12.3 Å². The van der Waals surface area contributed by atoms with E-state index in [0.717, 1.165) is 45.3 Å². The Morgan fingerprint density at radius 3 is 2.74 bits per heavy atom. The minimum Gasteiger partial charge on any atom is -0.444 e. The Kier molecular flexibility index (Phi) is 4.62. The SMILES string of the molecule is CC(C)(C)OC(=O)N1CCCC1n1cc(C2CCNCC2)cn1. The predicted molar refractivity (Wildman–Crippen MR) is 88.3 cm³/mol. The number of hydrogen-bond acceptors (Lipinski definition) is 4. The van der Waals surface area contributed by atoms with E-state index in [1.165, 1.54) is 5.56 Å².